The van der Waals surface area contributed by atoms with Gasteiger partial charge in [0, 0.05) is 28.2 Å². The molecule has 2 aromatic rings. The molecular weight excluding hydrogens is 860 g/mol. The SMILES string of the molecule is CC1=CC2C(C=C1N1C3=C4B(C5=C1CC1C(=C5)C(C)(C)CCC1(C)C)c1c(oc5c1C(C)(C)CCC5(C)C)N(c1ccc5c(c1)C(C)(C)CCC5(C)C)C4CC(C1=CC=CCC1)=C3)C(C)(C)CCC2(C)C. The Morgan fingerprint density at radius 3 is 1.96 bits per heavy atom. The number of allylic oxidation sites excluding steroid dienone is 12. The molecule has 0 bridgehead atoms. The molecule has 0 saturated heterocycles. The Bertz CT molecular complexity index is 2930. The third-order valence-electron chi connectivity index (χ3n) is 22.0. The predicted molar refractivity (Wildman–Crippen MR) is 301 cm³/mol. The lowest BCUT2D eigenvalue weighted by atomic mass is 9.29. The summed E-state index contributed by atoms with van der Waals surface area (Å²) in [6.07, 6.45) is 32.3. The van der Waals surface area contributed by atoms with E-state index in [1.54, 1.807) is 22.2 Å². The van der Waals surface area contributed by atoms with Crippen molar-refractivity contribution in [3.05, 3.63) is 134 Å². The van der Waals surface area contributed by atoms with Gasteiger partial charge in [-0.3, -0.25) is 0 Å². The number of nitrogens with zero attached hydrogens (tertiary/aromatic N) is 2. The normalized spacial score (nSPS) is 31.6. The van der Waals surface area contributed by atoms with E-state index in [0.29, 0.717) is 17.8 Å². The molecule has 10 aliphatic rings. The zero-order valence-corrected chi connectivity index (χ0v) is 47.4. The molecule has 0 amide bonds. The van der Waals surface area contributed by atoms with Crippen LogP contribution in [-0.4, -0.2) is 17.7 Å². The van der Waals surface area contributed by atoms with E-state index < -0.39 is 0 Å². The Kier molecular flexibility index (Phi) is 10.2. The number of fused-ring (bicyclic) bond motifs is 8. The maximum absolute atomic E-state index is 7.91. The standard InChI is InChI=1S/C67H89BN2O/c1-40-33-45-48(64(10,11)29-27-61(45,4)5)38-51(40)70-52-39-49-47(63(8,9)28-30-65(49,12)13)37-50(52)68-56-53(34-42(35-54(56)70)41-21-19-18-20-22-41)69(43-23-24-44-46(36-43)62(6,7)26-25-60(44,2)3)59-57(68)55-58(71-59)67(16,17)32-31-66(55,14)15/h18-19,21,23-24,33,35-38,45,48-49,53H,20,22,25-32,34,39H2,1-17H3. The lowest BCUT2D eigenvalue weighted by Crippen LogP contribution is -2.59. The number of benzene rings is 1. The zero-order valence-electron chi connectivity index (χ0n) is 47.4. The van der Waals surface area contributed by atoms with Crippen molar-refractivity contribution in [3.8, 4) is 0 Å². The first-order valence-electron chi connectivity index (χ1n) is 28.6. The average Bonchev–Trinajstić information content (AvgIpc) is 3.73. The lowest BCUT2D eigenvalue weighted by Gasteiger charge is -2.57. The van der Waals surface area contributed by atoms with Crippen molar-refractivity contribution in [1.29, 1.82) is 0 Å². The van der Waals surface area contributed by atoms with Gasteiger partial charge < -0.3 is 14.2 Å². The molecule has 71 heavy (non-hydrogen) atoms. The van der Waals surface area contributed by atoms with Crippen molar-refractivity contribution in [2.24, 2.45) is 39.4 Å². The lowest BCUT2D eigenvalue weighted by molar-refractivity contribution is 0.0310. The Morgan fingerprint density at radius 2 is 1.27 bits per heavy atom. The van der Waals surface area contributed by atoms with Gasteiger partial charge in [-0.25, -0.2) is 0 Å². The van der Waals surface area contributed by atoms with Crippen LogP contribution in [0.2, 0.25) is 0 Å². The summed E-state index contributed by atoms with van der Waals surface area (Å²) in [5, 5.41) is 0. The summed E-state index contributed by atoms with van der Waals surface area (Å²) < 4.78 is 7.91. The van der Waals surface area contributed by atoms with Crippen molar-refractivity contribution >= 4 is 23.7 Å². The molecule has 1 aromatic carbocycles. The molecule has 0 radical (unpaired) electrons. The topological polar surface area (TPSA) is 19.6 Å². The quantitative estimate of drug-likeness (QED) is 0.286. The fourth-order valence-electron chi connectivity index (χ4n) is 16.7. The van der Waals surface area contributed by atoms with Crippen LogP contribution in [0.4, 0.5) is 11.6 Å². The number of furan rings is 1. The highest BCUT2D eigenvalue weighted by Gasteiger charge is 2.59. The van der Waals surface area contributed by atoms with E-state index in [0.717, 1.165) is 44.4 Å². The molecule has 12 rings (SSSR count). The van der Waals surface area contributed by atoms with Crippen molar-refractivity contribution in [2.45, 2.75) is 222 Å². The van der Waals surface area contributed by atoms with Crippen LogP contribution in [0.3, 0.4) is 0 Å². The summed E-state index contributed by atoms with van der Waals surface area (Å²) in [6.45, 7) is 43.2. The average molecular weight is 949 g/mol. The molecule has 0 N–H and O–H groups in total. The predicted octanol–water partition coefficient (Wildman–Crippen LogP) is 17.4. The Balaban J connectivity index is 1.21. The maximum Gasteiger partial charge on any atom is 0.251 e. The van der Waals surface area contributed by atoms with Crippen LogP contribution in [-0.2, 0) is 21.7 Å². The largest absolute Gasteiger partial charge is 0.445 e. The summed E-state index contributed by atoms with van der Waals surface area (Å²) in [5.41, 5.74) is 22.1. The van der Waals surface area contributed by atoms with Crippen LogP contribution >= 0.6 is 0 Å². The second-order valence-corrected chi connectivity index (χ2v) is 30.4. The Labute approximate surface area is 431 Å². The minimum Gasteiger partial charge on any atom is -0.445 e. The number of anilines is 2. The van der Waals surface area contributed by atoms with E-state index >= 15 is 0 Å². The molecule has 3 nitrogen and oxygen atoms in total. The third-order valence-corrected chi connectivity index (χ3v) is 22.0. The molecule has 4 unspecified atom stereocenters. The minimum absolute atomic E-state index is 0.0359. The summed E-state index contributed by atoms with van der Waals surface area (Å²) in [5.74, 6) is 3.84. The molecule has 2 saturated carbocycles. The van der Waals surface area contributed by atoms with Crippen LogP contribution in [0, 0.1) is 39.4 Å². The molecule has 376 valence electrons. The first-order valence-corrected chi connectivity index (χ1v) is 28.6. The van der Waals surface area contributed by atoms with E-state index in [9.17, 15) is 0 Å². The van der Waals surface area contributed by atoms with Crippen LogP contribution < -0.4 is 10.4 Å². The van der Waals surface area contributed by atoms with E-state index in [4.69, 9.17) is 4.42 Å². The van der Waals surface area contributed by atoms with Gasteiger partial charge in [0.15, 0.2) is 5.88 Å². The minimum atomic E-state index is -0.0733. The Morgan fingerprint density at radius 1 is 0.634 bits per heavy atom. The monoisotopic (exact) mass is 949 g/mol. The number of hydrogen-bond acceptors (Lipinski definition) is 3. The van der Waals surface area contributed by atoms with Gasteiger partial charge in [0.1, 0.15) is 5.76 Å². The van der Waals surface area contributed by atoms with Gasteiger partial charge in [-0.2, -0.15) is 0 Å². The highest BCUT2D eigenvalue weighted by molar-refractivity contribution is 6.89. The van der Waals surface area contributed by atoms with Crippen LogP contribution in [0.1, 0.15) is 217 Å². The van der Waals surface area contributed by atoms with E-state index in [-0.39, 0.29) is 56.1 Å². The Hall–Kier alpha value is -3.92. The zero-order chi connectivity index (χ0) is 50.5. The third kappa shape index (κ3) is 6.99. The first-order chi connectivity index (χ1) is 33.0. The van der Waals surface area contributed by atoms with Crippen molar-refractivity contribution in [3.63, 3.8) is 0 Å². The molecule has 4 heteroatoms. The van der Waals surface area contributed by atoms with Gasteiger partial charge in [-0.1, -0.05) is 159 Å². The molecule has 2 aliphatic heterocycles. The second-order valence-electron chi connectivity index (χ2n) is 30.4. The molecule has 3 heterocycles. The number of hydrogen-bond donors (Lipinski definition) is 0. The van der Waals surface area contributed by atoms with Gasteiger partial charge in [0.2, 0.25) is 0 Å². The van der Waals surface area contributed by atoms with Crippen LogP contribution in [0.25, 0.3) is 0 Å². The summed E-state index contributed by atoms with van der Waals surface area (Å²) in [6, 6.07) is 7.78. The highest BCUT2D eigenvalue weighted by atomic mass is 16.4. The smallest absolute Gasteiger partial charge is 0.251 e. The van der Waals surface area contributed by atoms with E-state index in [2.05, 4.69) is 188 Å². The van der Waals surface area contributed by atoms with Gasteiger partial charge in [0.05, 0.1) is 6.04 Å². The fourth-order valence-corrected chi connectivity index (χ4v) is 16.7. The summed E-state index contributed by atoms with van der Waals surface area (Å²) >= 11 is 0. The molecule has 2 fully saturated rings. The van der Waals surface area contributed by atoms with E-state index in [1.165, 1.54) is 100 Å². The fraction of sp³-hybridized carbons (Fsp3) is 0.612. The van der Waals surface area contributed by atoms with Gasteiger partial charge in [0.25, 0.3) is 6.71 Å². The molecule has 1 aromatic heterocycles. The van der Waals surface area contributed by atoms with Crippen molar-refractivity contribution in [1.82, 2.24) is 4.90 Å². The van der Waals surface area contributed by atoms with E-state index in [1.807, 2.05) is 0 Å². The summed E-state index contributed by atoms with van der Waals surface area (Å²) in [4.78, 5) is 5.74. The van der Waals surface area contributed by atoms with Crippen molar-refractivity contribution < 1.29 is 4.42 Å². The molecule has 8 aliphatic carbocycles. The van der Waals surface area contributed by atoms with Crippen LogP contribution in [0.15, 0.2) is 115 Å². The second kappa shape index (κ2) is 15.1. The first kappa shape index (κ1) is 48.1. The highest BCUT2D eigenvalue weighted by Crippen LogP contribution is 2.63. The summed E-state index contributed by atoms with van der Waals surface area (Å²) in [7, 11) is 0. The van der Waals surface area contributed by atoms with Crippen LogP contribution in [0.5, 0.6) is 0 Å². The van der Waals surface area contributed by atoms with Gasteiger partial charge in [-0.15, -0.1) is 0 Å². The number of rotatable bonds is 3. The van der Waals surface area contributed by atoms with Gasteiger partial charge in [-0.05, 0) is 208 Å². The van der Waals surface area contributed by atoms with Gasteiger partial charge >= 0.3 is 0 Å². The maximum atomic E-state index is 7.91. The molecule has 4 atom stereocenters. The van der Waals surface area contributed by atoms with Crippen molar-refractivity contribution in [2.75, 3.05) is 4.90 Å². The molecular formula is C67H89BN2O. The molecule has 0 spiro atoms.